The number of fused-ring (bicyclic) bond motifs is 5. The van der Waals surface area contributed by atoms with Crippen molar-refractivity contribution in [2.45, 2.75) is 272 Å². The normalized spacial score (nSPS) is 49.3. The van der Waals surface area contributed by atoms with E-state index in [4.69, 9.17) is 61.6 Å². The number of carbonyl (C=O) groups excluding carboxylic acids is 2. The first kappa shape index (κ1) is 65.0. The van der Waals surface area contributed by atoms with Gasteiger partial charge in [0, 0.05) is 63.2 Å². The van der Waals surface area contributed by atoms with Crippen LogP contribution in [0.2, 0.25) is 0 Å². The Morgan fingerprint density at radius 3 is 1.75 bits per heavy atom. The van der Waals surface area contributed by atoms with Crippen molar-refractivity contribution in [2.24, 2.45) is 22.7 Å². The van der Waals surface area contributed by atoms with E-state index in [-0.39, 0.29) is 56.8 Å². The molecule has 29 unspecified atom stereocenters. The van der Waals surface area contributed by atoms with E-state index in [2.05, 4.69) is 6.92 Å². The fourth-order valence-electron chi connectivity index (χ4n) is 16.2. The maximum Gasteiger partial charge on any atom is 0.331 e. The zero-order valence-corrected chi connectivity index (χ0v) is 50.2. The number of aliphatic hydroxyl groups is 8. The standard InChI is InChI=1S/C62H92O23/c1-30(64)38-19-22-62(72)60(38,7)45(81-46(67)16-15-35-13-11-10-12-14-35)28-44-59(6)20-18-37(23-36(59)17-21-61(44,62)71)79-47-24-39(65)54(31(2)75-47)82-49-26-41(73-8)56(33(4)77-49)84-48-25-40(66)55(32(3)76-48)83-50-27-42(74-9)57(34(5)78-50)85-58-53(70)52(69)51(68)43(29-63)80-58/h10-17,31-34,37-45,47-58,63,65-66,68-72H,18-29H2,1-9H3. The van der Waals surface area contributed by atoms with Crippen LogP contribution in [-0.2, 0) is 71.2 Å². The van der Waals surface area contributed by atoms with E-state index in [1.165, 1.54) is 20.1 Å². The molecule has 5 heterocycles. The van der Waals surface area contributed by atoms with Gasteiger partial charge < -0.3 is 102 Å². The summed E-state index contributed by atoms with van der Waals surface area (Å²) in [6.45, 7) is 11.9. The van der Waals surface area contributed by atoms with Crippen molar-refractivity contribution < 1.29 is 112 Å². The number of carbonyl (C=O) groups is 2. The van der Waals surface area contributed by atoms with Gasteiger partial charge in [-0.2, -0.15) is 0 Å². The van der Waals surface area contributed by atoms with Gasteiger partial charge in [0.15, 0.2) is 31.5 Å². The highest BCUT2D eigenvalue weighted by Crippen LogP contribution is 2.70. The number of ether oxygens (including phenoxy) is 13. The Morgan fingerprint density at radius 1 is 0.659 bits per heavy atom. The van der Waals surface area contributed by atoms with Gasteiger partial charge in [-0.1, -0.05) is 55.8 Å². The van der Waals surface area contributed by atoms with Crippen LogP contribution in [0.4, 0.5) is 0 Å². The number of rotatable bonds is 17. The number of hydrogen-bond donors (Lipinski definition) is 8. The number of aliphatic hydroxyl groups excluding tert-OH is 6. The number of benzene rings is 1. The monoisotopic (exact) mass is 1200 g/mol. The van der Waals surface area contributed by atoms with E-state index < -0.39 is 182 Å². The Hall–Kier alpha value is -2.96. The van der Waals surface area contributed by atoms with Crippen molar-refractivity contribution in [3.8, 4) is 0 Å². The van der Waals surface area contributed by atoms with Gasteiger partial charge in [0.05, 0.1) is 61.5 Å². The fraction of sp³-hybridized carbons (Fsp3) is 0.806. The minimum atomic E-state index is -1.72. The maximum atomic E-state index is 13.6. The van der Waals surface area contributed by atoms with Gasteiger partial charge in [-0.3, -0.25) is 4.79 Å². The van der Waals surface area contributed by atoms with Crippen LogP contribution in [-0.4, -0.2) is 226 Å². The van der Waals surface area contributed by atoms with E-state index in [0.717, 1.165) is 11.1 Å². The van der Waals surface area contributed by atoms with Crippen molar-refractivity contribution in [2.75, 3.05) is 20.8 Å². The summed E-state index contributed by atoms with van der Waals surface area (Å²) in [6.07, 6.45) is -12.2. The molecule has 0 bridgehead atoms. The van der Waals surface area contributed by atoms with Crippen LogP contribution in [0.25, 0.3) is 6.08 Å². The third-order valence-corrected chi connectivity index (χ3v) is 20.9. The summed E-state index contributed by atoms with van der Waals surface area (Å²) < 4.78 is 80.7. The summed E-state index contributed by atoms with van der Waals surface area (Å²) in [6, 6.07) is 9.39. The molecule has 8 N–H and O–H groups in total. The highest BCUT2D eigenvalue weighted by Gasteiger charge is 2.77. The van der Waals surface area contributed by atoms with Crippen molar-refractivity contribution in [1.82, 2.24) is 0 Å². The Labute approximate surface area is 497 Å². The summed E-state index contributed by atoms with van der Waals surface area (Å²) in [4.78, 5) is 26.9. The second kappa shape index (κ2) is 26.1. The average molecular weight is 1210 g/mol. The summed E-state index contributed by atoms with van der Waals surface area (Å²) >= 11 is 0. The lowest BCUT2D eigenvalue weighted by molar-refractivity contribution is -0.358. The SMILES string of the molecule is COC1CC(OC2C(O)CC(OC3CCC4(C)C(=CCC5(O)C4CC(OC(=O)C=Cc4ccccc4)C4(C)C(C(C)=O)CCC54O)C3)OC2C)OC(C)C1OC1CC(O)C(OC2CC(OC)C(OC3OC(CO)C(O)C(O)C3O)C(C)O2)C(C)O1. The van der Waals surface area contributed by atoms with Crippen LogP contribution in [0.15, 0.2) is 48.1 Å². The number of Topliss-reactive ketones (excluding diaryl/α,β-unsaturated/α-hetero) is 1. The first-order valence-electron chi connectivity index (χ1n) is 30.6. The van der Waals surface area contributed by atoms with Crippen molar-refractivity contribution >= 4 is 17.8 Å². The Morgan fingerprint density at radius 2 is 1.20 bits per heavy atom. The molecule has 8 fully saturated rings. The molecule has 9 aliphatic rings. The molecule has 10 rings (SSSR count). The minimum absolute atomic E-state index is 0.0439. The smallest absolute Gasteiger partial charge is 0.331 e. The first-order chi connectivity index (χ1) is 40.3. The lowest BCUT2D eigenvalue weighted by atomic mass is 9.43. The lowest BCUT2D eigenvalue weighted by Crippen LogP contribution is -2.75. The molecule has 0 aromatic heterocycles. The topological polar surface area (TPSA) is 316 Å². The summed E-state index contributed by atoms with van der Waals surface area (Å²) in [5, 5.41) is 89.8. The Balaban J connectivity index is 0.703. The molecule has 3 saturated carbocycles. The molecule has 5 aliphatic heterocycles. The molecule has 4 aliphatic carbocycles. The number of esters is 1. The molecule has 23 heteroatoms. The van der Waals surface area contributed by atoms with E-state index in [1.807, 2.05) is 57.2 Å². The molecule has 85 heavy (non-hydrogen) atoms. The predicted octanol–water partition coefficient (Wildman–Crippen LogP) is 2.64. The summed E-state index contributed by atoms with van der Waals surface area (Å²) in [5.74, 6) is -1.81. The molecule has 0 radical (unpaired) electrons. The van der Waals surface area contributed by atoms with Crippen molar-refractivity contribution in [1.29, 1.82) is 0 Å². The molecule has 29 atom stereocenters. The Kier molecular flexibility index (Phi) is 20.0. The molecular formula is C62H92O23. The van der Waals surface area contributed by atoms with E-state index in [1.54, 1.807) is 27.0 Å². The zero-order valence-electron chi connectivity index (χ0n) is 50.2. The average Bonchev–Trinajstić information content (AvgIpc) is 1.66. The minimum Gasteiger partial charge on any atom is -0.458 e. The molecule has 1 aromatic rings. The van der Waals surface area contributed by atoms with Crippen molar-refractivity contribution in [3.63, 3.8) is 0 Å². The van der Waals surface area contributed by atoms with Crippen LogP contribution in [0.1, 0.15) is 125 Å². The third kappa shape index (κ3) is 12.4. The molecule has 23 nitrogen and oxygen atoms in total. The Bertz CT molecular complexity index is 2480. The van der Waals surface area contributed by atoms with Gasteiger partial charge in [0.1, 0.15) is 71.9 Å². The predicted molar refractivity (Wildman–Crippen MR) is 297 cm³/mol. The summed E-state index contributed by atoms with van der Waals surface area (Å²) in [7, 11) is 3.04. The highest BCUT2D eigenvalue weighted by atomic mass is 16.8. The number of methoxy groups -OCH3 is 2. The van der Waals surface area contributed by atoms with Gasteiger partial charge in [0.25, 0.3) is 0 Å². The van der Waals surface area contributed by atoms with Crippen molar-refractivity contribution in [3.05, 3.63) is 53.6 Å². The maximum absolute atomic E-state index is 13.6. The van der Waals surface area contributed by atoms with Gasteiger partial charge in [0.2, 0.25) is 0 Å². The van der Waals surface area contributed by atoms with Gasteiger partial charge in [-0.25, -0.2) is 4.79 Å². The van der Waals surface area contributed by atoms with E-state index in [0.29, 0.717) is 25.7 Å². The summed E-state index contributed by atoms with van der Waals surface area (Å²) in [5.41, 5.74) is -3.24. The third-order valence-electron chi connectivity index (χ3n) is 20.9. The first-order valence-corrected chi connectivity index (χ1v) is 30.6. The van der Waals surface area contributed by atoms with Gasteiger partial charge in [-0.15, -0.1) is 0 Å². The van der Waals surface area contributed by atoms with Crippen LogP contribution < -0.4 is 0 Å². The molecular weight excluding hydrogens is 1110 g/mol. The van der Waals surface area contributed by atoms with Crippen LogP contribution in [0.5, 0.6) is 0 Å². The molecule has 0 spiro atoms. The zero-order chi connectivity index (χ0) is 61.1. The number of ketones is 1. The van der Waals surface area contributed by atoms with Crippen LogP contribution in [0.3, 0.4) is 0 Å². The second-order valence-electron chi connectivity index (χ2n) is 25.9. The second-order valence-corrected chi connectivity index (χ2v) is 25.9. The van der Waals surface area contributed by atoms with E-state index >= 15 is 0 Å². The van der Waals surface area contributed by atoms with Gasteiger partial charge >= 0.3 is 5.97 Å². The lowest BCUT2D eigenvalue weighted by Gasteiger charge is -2.66. The largest absolute Gasteiger partial charge is 0.458 e. The van der Waals surface area contributed by atoms with Gasteiger partial charge in [-0.05, 0) is 96.6 Å². The highest BCUT2D eigenvalue weighted by molar-refractivity contribution is 5.87. The molecule has 0 amide bonds. The van der Waals surface area contributed by atoms with Crippen LogP contribution in [0, 0.1) is 22.7 Å². The molecule has 5 saturated heterocycles. The van der Waals surface area contributed by atoms with Crippen LogP contribution >= 0.6 is 0 Å². The molecule has 1 aromatic carbocycles. The molecule has 478 valence electrons. The number of hydrogen-bond acceptors (Lipinski definition) is 23. The van der Waals surface area contributed by atoms with E-state index in [9.17, 15) is 50.4 Å². The quantitative estimate of drug-likeness (QED) is 0.0631. The fourth-order valence-corrected chi connectivity index (χ4v) is 16.2.